The fourth-order valence-electron chi connectivity index (χ4n) is 3.67. The number of hydrogen-bond donors (Lipinski definition) is 2. The fraction of sp³-hybridized carbons (Fsp3) is 0.833. The van der Waals surface area contributed by atoms with Crippen molar-refractivity contribution >= 4 is 0 Å². The molecule has 1 heterocycles. The largest absolute Gasteiger partial charge is 0.350 e. The van der Waals surface area contributed by atoms with E-state index in [-0.39, 0.29) is 5.79 Å². The summed E-state index contributed by atoms with van der Waals surface area (Å²) in [4.78, 5) is 2.33. The maximum Gasteiger partial charge on any atom is 0.168 e. The number of likely N-dealkylation sites (N-methyl/N-ethyl adjacent to an activating group) is 2. The lowest BCUT2D eigenvalue weighted by molar-refractivity contribution is -0.249. The van der Waals surface area contributed by atoms with E-state index in [2.05, 4.69) is 33.7 Å². The van der Waals surface area contributed by atoms with E-state index < -0.39 is 0 Å². The summed E-state index contributed by atoms with van der Waals surface area (Å²) in [7, 11) is 4.15. The Kier molecular flexibility index (Phi) is 7.68. The van der Waals surface area contributed by atoms with Crippen molar-refractivity contribution in [2.75, 3.05) is 40.4 Å². The number of aromatic amines is 1. The zero-order valence-corrected chi connectivity index (χ0v) is 15.7. The van der Waals surface area contributed by atoms with Crippen LogP contribution in [0.1, 0.15) is 56.7 Å². The minimum Gasteiger partial charge on any atom is -0.350 e. The zero-order valence-electron chi connectivity index (χ0n) is 15.7. The molecule has 0 spiro atoms. The molecule has 24 heavy (non-hydrogen) atoms. The van der Waals surface area contributed by atoms with Crippen molar-refractivity contribution in [3.05, 3.63) is 17.5 Å². The molecule has 6 heteroatoms. The second-order valence-corrected chi connectivity index (χ2v) is 6.69. The molecule has 1 aromatic heterocycles. The van der Waals surface area contributed by atoms with Crippen molar-refractivity contribution in [3.63, 3.8) is 0 Å². The fourth-order valence-corrected chi connectivity index (χ4v) is 3.67. The summed E-state index contributed by atoms with van der Waals surface area (Å²) in [5, 5.41) is 10.8. The first-order chi connectivity index (χ1) is 11.6. The topological polar surface area (TPSA) is 62.4 Å². The Hall–Kier alpha value is -0.950. The van der Waals surface area contributed by atoms with Gasteiger partial charge < -0.3 is 19.7 Å². The first-order valence-corrected chi connectivity index (χ1v) is 9.27. The normalized spacial score (nSPS) is 18.4. The number of hydrogen-bond acceptors (Lipinski definition) is 5. The summed E-state index contributed by atoms with van der Waals surface area (Å²) < 4.78 is 11.9. The van der Waals surface area contributed by atoms with Gasteiger partial charge in [0.05, 0.1) is 5.69 Å². The summed E-state index contributed by atoms with van der Waals surface area (Å²) >= 11 is 0. The van der Waals surface area contributed by atoms with Crippen molar-refractivity contribution in [1.29, 1.82) is 0 Å². The average Bonchev–Trinajstić information content (AvgIpc) is 3.02. The SMILES string of the molecule is CCOC1(OCC)CCC(c2n[nH]cc2CN(C)CCNC)CC1. The van der Waals surface area contributed by atoms with E-state index in [1.807, 2.05) is 20.9 Å². The number of nitrogens with zero attached hydrogens (tertiary/aromatic N) is 2. The molecule has 2 N–H and O–H groups in total. The van der Waals surface area contributed by atoms with E-state index in [9.17, 15) is 0 Å². The molecule has 0 aliphatic heterocycles. The minimum atomic E-state index is -0.375. The second kappa shape index (κ2) is 9.51. The van der Waals surface area contributed by atoms with Crippen LogP contribution in [0.2, 0.25) is 0 Å². The number of ether oxygens (including phenoxy) is 2. The van der Waals surface area contributed by atoms with Crippen molar-refractivity contribution in [1.82, 2.24) is 20.4 Å². The van der Waals surface area contributed by atoms with Crippen LogP contribution in [0.3, 0.4) is 0 Å². The molecular formula is C18H34N4O2. The molecule has 0 saturated heterocycles. The van der Waals surface area contributed by atoms with Crippen LogP contribution in [0.5, 0.6) is 0 Å². The Morgan fingerprint density at radius 2 is 1.96 bits per heavy atom. The number of H-pyrrole nitrogens is 1. The van der Waals surface area contributed by atoms with E-state index in [1.54, 1.807) is 0 Å². The van der Waals surface area contributed by atoms with Crippen LogP contribution in [-0.4, -0.2) is 61.3 Å². The average molecular weight is 338 g/mol. The van der Waals surface area contributed by atoms with Crippen molar-refractivity contribution in [2.24, 2.45) is 0 Å². The van der Waals surface area contributed by atoms with Gasteiger partial charge in [-0.15, -0.1) is 0 Å². The molecule has 1 saturated carbocycles. The van der Waals surface area contributed by atoms with Gasteiger partial charge in [-0.25, -0.2) is 0 Å². The van der Waals surface area contributed by atoms with E-state index in [4.69, 9.17) is 9.47 Å². The lowest BCUT2D eigenvalue weighted by Gasteiger charge is -2.39. The standard InChI is InChI=1S/C18H34N4O2/c1-5-23-18(24-6-2)9-7-15(8-10-18)17-16(13-20-21-17)14-22(4)12-11-19-3/h13,15,19H,5-12,14H2,1-4H3,(H,20,21). The Morgan fingerprint density at radius 3 is 2.54 bits per heavy atom. The Bertz CT molecular complexity index is 461. The van der Waals surface area contributed by atoms with E-state index in [1.165, 1.54) is 11.3 Å². The molecule has 0 unspecified atom stereocenters. The van der Waals surface area contributed by atoms with Gasteiger partial charge >= 0.3 is 0 Å². The van der Waals surface area contributed by atoms with Gasteiger partial charge in [-0.2, -0.15) is 5.10 Å². The van der Waals surface area contributed by atoms with Crippen molar-refractivity contribution in [2.45, 2.75) is 57.8 Å². The molecule has 0 atom stereocenters. The van der Waals surface area contributed by atoms with Crippen LogP contribution >= 0.6 is 0 Å². The molecular weight excluding hydrogens is 304 g/mol. The van der Waals surface area contributed by atoms with Crippen molar-refractivity contribution in [3.8, 4) is 0 Å². The van der Waals surface area contributed by atoms with Crippen LogP contribution in [0.15, 0.2) is 6.20 Å². The smallest absolute Gasteiger partial charge is 0.168 e. The highest BCUT2D eigenvalue weighted by molar-refractivity contribution is 5.21. The number of rotatable bonds is 10. The predicted octanol–water partition coefficient (Wildman–Crippen LogP) is 2.49. The molecule has 0 aromatic carbocycles. The van der Waals surface area contributed by atoms with Gasteiger partial charge in [-0.1, -0.05) is 0 Å². The van der Waals surface area contributed by atoms with Crippen molar-refractivity contribution < 1.29 is 9.47 Å². The quantitative estimate of drug-likeness (QED) is 0.642. The maximum absolute atomic E-state index is 5.95. The summed E-state index contributed by atoms with van der Waals surface area (Å²) in [6.45, 7) is 8.45. The van der Waals surface area contributed by atoms with E-state index >= 15 is 0 Å². The van der Waals surface area contributed by atoms with Crippen LogP contribution in [0.25, 0.3) is 0 Å². The lowest BCUT2D eigenvalue weighted by atomic mass is 9.82. The van der Waals surface area contributed by atoms with Gasteiger partial charge in [-0.05, 0) is 40.8 Å². The number of nitrogens with one attached hydrogen (secondary N) is 2. The summed E-state index contributed by atoms with van der Waals surface area (Å²) in [5.74, 6) is 0.123. The second-order valence-electron chi connectivity index (χ2n) is 6.69. The molecule has 0 amide bonds. The van der Waals surface area contributed by atoms with Crippen LogP contribution in [0.4, 0.5) is 0 Å². The van der Waals surface area contributed by atoms with Gasteiger partial charge in [0.15, 0.2) is 5.79 Å². The van der Waals surface area contributed by atoms with Crippen LogP contribution in [0, 0.1) is 0 Å². The van der Waals surface area contributed by atoms with Crippen LogP contribution < -0.4 is 5.32 Å². The zero-order chi connectivity index (χ0) is 17.4. The molecule has 138 valence electrons. The van der Waals surface area contributed by atoms with Gasteiger partial charge in [0.25, 0.3) is 0 Å². The molecule has 1 aliphatic carbocycles. The van der Waals surface area contributed by atoms with E-state index in [0.29, 0.717) is 19.1 Å². The highest BCUT2D eigenvalue weighted by Crippen LogP contribution is 2.41. The highest BCUT2D eigenvalue weighted by atomic mass is 16.7. The first-order valence-electron chi connectivity index (χ1n) is 9.27. The van der Waals surface area contributed by atoms with Gasteiger partial charge in [0.2, 0.25) is 0 Å². The Morgan fingerprint density at radius 1 is 1.29 bits per heavy atom. The lowest BCUT2D eigenvalue weighted by Crippen LogP contribution is -2.40. The molecule has 2 rings (SSSR count). The highest BCUT2D eigenvalue weighted by Gasteiger charge is 2.38. The molecule has 0 bridgehead atoms. The number of aromatic nitrogens is 2. The van der Waals surface area contributed by atoms with Crippen LogP contribution in [-0.2, 0) is 16.0 Å². The molecule has 1 aliphatic rings. The molecule has 1 fully saturated rings. The molecule has 1 aromatic rings. The Balaban J connectivity index is 1.95. The van der Waals surface area contributed by atoms with Gasteiger partial charge in [-0.3, -0.25) is 5.10 Å². The van der Waals surface area contributed by atoms with E-state index in [0.717, 1.165) is 45.3 Å². The third-order valence-electron chi connectivity index (χ3n) is 4.89. The monoisotopic (exact) mass is 338 g/mol. The predicted molar refractivity (Wildman–Crippen MR) is 96.0 cm³/mol. The minimum absolute atomic E-state index is 0.375. The van der Waals surface area contributed by atoms with Gasteiger partial charge in [0, 0.05) is 63.4 Å². The Labute approximate surface area is 146 Å². The molecule has 0 radical (unpaired) electrons. The third kappa shape index (κ3) is 5.02. The maximum atomic E-state index is 5.95. The summed E-state index contributed by atoms with van der Waals surface area (Å²) in [5.41, 5.74) is 2.55. The summed E-state index contributed by atoms with van der Waals surface area (Å²) in [6.07, 6.45) is 6.08. The van der Waals surface area contributed by atoms with Gasteiger partial charge in [0.1, 0.15) is 0 Å². The summed E-state index contributed by atoms with van der Waals surface area (Å²) in [6, 6.07) is 0. The third-order valence-corrected chi connectivity index (χ3v) is 4.89. The molecule has 6 nitrogen and oxygen atoms in total. The first kappa shape index (κ1) is 19.4.